The van der Waals surface area contributed by atoms with Crippen molar-refractivity contribution in [2.24, 2.45) is 11.8 Å². The van der Waals surface area contributed by atoms with Crippen LogP contribution in [0.25, 0.3) is 0 Å². The molecule has 2 atom stereocenters. The number of rotatable bonds is 8. The molecule has 2 rings (SSSR count). The molecule has 0 aliphatic rings. The van der Waals surface area contributed by atoms with Gasteiger partial charge in [0.15, 0.2) is 10.3 Å². The average molecular weight is 361 g/mol. The lowest BCUT2D eigenvalue weighted by Crippen LogP contribution is -1.94. The molecule has 0 amide bonds. The lowest BCUT2D eigenvalue weighted by atomic mass is 10.2. The van der Waals surface area contributed by atoms with Crippen molar-refractivity contribution in [3.63, 3.8) is 0 Å². The molecule has 0 aromatic carbocycles. The first-order valence-corrected chi connectivity index (χ1v) is 9.67. The van der Waals surface area contributed by atoms with Crippen molar-refractivity contribution in [1.82, 2.24) is 19.9 Å². The summed E-state index contributed by atoms with van der Waals surface area (Å²) in [7, 11) is 0. The summed E-state index contributed by atoms with van der Waals surface area (Å²) in [5, 5.41) is 1.68. The molecule has 0 saturated heterocycles. The Morgan fingerprint density at radius 2 is 1.12 bits per heavy atom. The zero-order valence-corrected chi connectivity index (χ0v) is 15.8. The topological polar surface area (TPSA) is 51.6 Å². The van der Waals surface area contributed by atoms with Crippen LogP contribution in [0.2, 0.25) is 0 Å². The Hall–Kier alpha value is -1.66. The van der Waals surface area contributed by atoms with Gasteiger partial charge in [-0.2, -0.15) is 0 Å². The fraction of sp³-hybridized carbons (Fsp3) is 0.333. The van der Waals surface area contributed by atoms with Gasteiger partial charge in [-0.25, -0.2) is 19.9 Å². The highest BCUT2D eigenvalue weighted by molar-refractivity contribution is 7.99. The molecule has 0 N–H and O–H groups in total. The third kappa shape index (κ3) is 9.47. The van der Waals surface area contributed by atoms with Gasteiger partial charge in [0, 0.05) is 36.3 Å². The standard InChI is InChI=1S/2C9H12N2S/c2*1-3-8(2)7-12-9-10-5-4-6-11-9/h2*3-6,8H,1,7H2,2H3/t2*8-/m11/s1. The summed E-state index contributed by atoms with van der Waals surface area (Å²) in [5.74, 6) is 3.01. The molecule has 0 radical (unpaired) electrons. The van der Waals surface area contributed by atoms with Crippen molar-refractivity contribution >= 4 is 23.5 Å². The molecular weight excluding hydrogens is 336 g/mol. The SMILES string of the molecule is C=C[C@@H](C)CSc1ncccn1.C=C[C@@H](C)CSc1ncccn1. The highest BCUT2D eigenvalue weighted by Gasteiger charge is 2.00. The molecular formula is C18H24N4S2. The van der Waals surface area contributed by atoms with E-state index in [9.17, 15) is 0 Å². The molecule has 0 fully saturated rings. The Morgan fingerprint density at radius 1 is 0.792 bits per heavy atom. The lowest BCUT2D eigenvalue weighted by molar-refractivity contribution is 0.843. The Labute approximate surface area is 153 Å². The summed E-state index contributed by atoms with van der Waals surface area (Å²) in [6.45, 7) is 11.7. The summed E-state index contributed by atoms with van der Waals surface area (Å²) >= 11 is 3.32. The van der Waals surface area contributed by atoms with Gasteiger partial charge < -0.3 is 0 Å². The molecule has 0 bridgehead atoms. The van der Waals surface area contributed by atoms with Crippen LogP contribution in [-0.2, 0) is 0 Å². The van der Waals surface area contributed by atoms with E-state index in [2.05, 4.69) is 46.9 Å². The number of aromatic nitrogens is 4. The Kier molecular flexibility index (Phi) is 10.8. The highest BCUT2D eigenvalue weighted by Crippen LogP contribution is 2.16. The minimum Gasteiger partial charge on any atom is -0.231 e. The third-order valence-electron chi connectivity index (χ3n) is 2.84. The first kappa shape index (κ1) is 20.4. The van der Waals surface area contributed by atoms with Crippen molar-refractivity contribution in [1.29, 1.82) is 0 Å². The largest absolute Gasteiger partial charge is 0.231 e. The summed E-state index contributed by atoms with van der Waals surface area (Å²) in [5.41, 5.74) is 0. The van der Waals surface area contributed by atoms with Crippen LogP contribution >= 0.6 is 23.5 Å². The average Bonchev–Trinajstić information content (AvgIpc) is 2.66. The van der Waals surface area contributed by atoms with Gasteiger partial charge in [-0.15, -0.1) is 13.2 Å². The number of hydrogen-bond donors (Lipinski definition) is 0. The molecule has 0 saturated carbocycles. The van der Waals surface area contributed by atoms with Crippen LogP contribution in [-0.4, -0.2) is 31.4 Å². The van der Waals surface area contributed by atoms with Crippen LogP contribution in [0.15, 0.2) is 72.5 Å². The van der Waals surface area contributed by atoms with Crippen molar-refractivity contribution in [2.45, 2.75) is 24.2 Å². The van der Waals surface area contributed by atoms with E-state index in [0.717, 1.165) is 21.8 Å². The molecule has 24 heavy (non-hydrogen) atoms. The van der Waals surface area contributed by atoms with Gasteiger partial charge >= 0.3 is 0 Å². The molecule has 0 spiro atoms. The predicted octanol–water partition coefficient (Wildman–Crippen LogP) is 4.78. The Bertz CT molecular complexity index is 525. The Morgan fingerprint density at radius 3 is 1.42 bits per heavy atom. The number of allylic oxidation sites excluding steroid dienone is 2. The molecule has 0 unspecified atom stereocenters. The molecule has 0 aliphatic carbocycles. The zero-order valence-electron chi connectivity index (χ0n) is 14.2. The molecule has 0 aliphatic heterocycles. The van der Waals surface area contributed by atoms with Crippen molar-refractivity contribution in [2.75, 3.05) is 11.5 Å². The quantitative estimate of drug-likeness (QED) is 0.383. The van der Waals surface area contributed by atoms with E-state index in [-0.39, 0.29) is 0 Å². The fourth-order valence-corrected chi connectivity index (χ4v) is 2.91. The van der Waals surface area contributed by atoms with Gasteiger partial charge in [0.1, 0.15) is 0 Å². The minimum absolute atomic E-state index is 0.513. The summed E-state index contributed by atoms with van der Waals surface area (Å²) in [6, 6.07) is 3.64. The van der Waals surface area contributed by atoms with Crippen LogP contribution < -0.4 is 0 Å². The number of nitrogens with zero attached hydrogens (tertiary/aromatic N) is 4. The molecule has 2 aromatic heterocycles. The van der Waals surface area contributed by atoms with Gasteiger partial charge in [-0.3, -0.25) is 0 Å². The predicted molar refractivity (Wildman–Crippen MR) is 104 cm³/mol. The smallest absolute Gasteiger partial charge is 0.187 e. The van der Waals surface area contributed by atoms with Gasteiger partial charge in [0.05, 0.1) is 0 Å². The third-order valence-corrected chi connectivity index (χ3v) is 5.16. The van der Waals surface area contributed by atoms with Crippen molar-refractivity contribution < 1.29 is 0 Å². The first-order chi connectivity index (χ1) is 11.7. The summed E-state index contributed by atoms with van der Waals surface area (Å²) in [4.78, 5) is 16.4. The monoisotopic (exact) mass is 360 g/mol. The fourth-order valence-electron chi connectivity index (χ4n) is 1.27. The van der Waals surface area contributed by atoms with Crippen LogP contribution in [0.4, 0.5) is 0 Å². The van der Waals surface area contributed by atoms with Crippen LogP contribution in [0.3, 0.4) is 0 Å². The van der Waals surface area contributed by atoms with Gasteiger partial charge in [0.25, 0.3) is 0 Å². The van der Waals surface area contributed by atoms with Crippen LogP contribution in [0, 0.1) is 11.8 Å². The van der Waals surface area contributed by atoms with E-state index in [1.165, 1.54) is 0 Å². The highest BCUT2D eigenvalue weighted by atomic mass is 32.2. The van der Waals surface area contributed by atoms with Crippen molar-refractivity contribution in [3.8, 4) is 0 Å². The van der Waals surface area contributed by atoms with Gasteiger partial charge in [0.2, 0.25) is 0 Å². The molecule has 4 nitrogen and oxygen atoms in total. The van der Waals surface area contributed by atoms with E-state index in [0.29, 0.717) is 11.8 Å². The number of thioether (sulfide) groups is 2. The van der Waals surface area contributed by atoms with E-state index >= 15 is 0 Å². The molecule has 128 valence electrons. The minimum atomic E-state index is 0.513. The summed E-state index contributed by atoms with van der Waals surface area (Å²) in [6.07, 6.45) is 10.9. The van der Waals surface area contributed by atoms with Crippen LogP contribution in [0.5, 0.6) is 0 Å². The van der Waals surface area contributed by atoms with E-state index in [1.807, 2.05) is 24.3 Å². The second-order valence-electron chi connectivity index (χ2n) is 5.11. The Balaban J connectivity index is 0.000000240. The van der Waals surface area contributed by atoms with Gasteiger partial charge in [-0.1, -0.05) is 49.5 Å². The maximum Gasteiger partial charge on any atom is 0.187 e. The maximum atomic E-state index is 4.10. The maximum absolute atomic E-state index is 4.10. The second kappa shape index (κ2) is 12.7. The first-order valence-electron chi connectivity index (χ1n) is 7.70. The van der Waals surface area contributed by atoms with E-state index < -0.39 is 0 Å². The van der Waals surface area contributed by atoms with Crippen LogP contribution in [0.1, 0.15) is 13.8 Å². The lowest BCUT2D eigenvalue weighted by Gasteiger charge is -2.02. The molecule has 6 heteroatoms. The normalized spacial score (nSPS) is 12.4. The zero-order chi connectivity index (χ0) is 17.6. The molecule has 2 heterocycles. The van der Waals surface area contributed by atoms with E-state index in [4.69, 9.17) is 0 Å². The summed E-state index contributed by atoms with van der Waals surface area (Å²) < 4.78 is 0. The second-order valence-corrected chi connectivity index (χ2v) is 7.09. The van der Waals surface area contributed by atoms with Crippen molar-refractivity contribution in [3.05, 3.63) is 62.2 Å². The van der Waals surface area contributed by atoms with E-state index in [1.54, 1.807) is 48.3 Å². The number of hydrogen-bond acceptors (Lipinski definition) is 6. The molecule has 2 aromatic rings. The van der Waals surface area contributed by atoms with Gasteiger partial charge in [-0.05, 0) is 24.0 Å².